The number of hydrogen-bond donors (Lipinski definition) is 2. The summed E-state index contributed by atoms with van der Waals surface area (Å²) in [5.41, 5.74) is 1.97. The lowest BCUT2D eigenvalue weighted by atomic mass is 10.4. The fraction of sp³-hybridized carbons (Fsp3) is 0.100. The van der Waals surface area contributed by atoms with Crippen LogP contribution in [0.2, 0.25) is 0 Å². The number of thiophene rings is 1. The summed E-state index contributed by atoms with van der Waals surface area (Å²) in [5, 5.41) is 0. The lowest BCUT2D eigenvalue weighted by molar-refractivity contribution is 0.0957. The molecule has 8 heteroatoms. The SMILES string of the molecule is NNC(=O)c1ccc(Cn2cncc(I)c2=O)s1. The van der Waals surface area contributed by atoms with Gasteiger partial charge in [0.25, 0.3) is 11.5 Å². The van der Waals surface area contributed by atoms with Crippen molar-refractivity contribution < 1.29 is 4.79 Å². The third-order valence-corrected chi connectivity index (χ3v) is 4.01. The molecule has 0 bridgehead atoms. The van der Waals surface area contributed by atoms with Crippen molar-refractivity contribution in [3.05, 3.63) is 48.3 Å². The first kappa shape index (κ1) is 13.2. The average molecular weight is 376 g/mol. The monoisotopic (exact) mass is 376 g/mol. The number of nitrogens with one attached hydrogen (secondary N) is 1. The molecule has 0 aliphatic rings. The van der Waals surface area contributed by atoms with Crippen LogP contribution in [-0.4, -0.2) is 15.5 Å². The van der Waals surface area contributed by atoms with E-state index in [2.05, 4.69) is 10.4 Å². The Morgan fingerprint density at radius 2 is 2.33 bits per heavy atom. The minimum atomic E-state index is -0.334. The average Bonchev–Trinajstić information content (AvgIpc) is 2.82. The van der Waals surface area contributed by atoms with Crippen LogP contribution in [0, 0.1) is 3.57 Å². The molecule has 0 fully saturated rings. The van der Waals surface area contributed by atoms with Crippen LogP contribution in [0.4, 0.5) is 0 Å². The Kier molecular flexibility index (Phi) is 4.09. The lowest BCUT2D eigenvalue weighted by Crippen LogP contribution is -2.29. The van der Waals surface area contributed by atoms with Gasteiger partial charge in [0.05, 0.1) is 21.3 Å². The largest absolute Gasteiger partial charge is 0.293 e. The summed E-state index contributed by atoms with van der Waals surface area (Å²) in [5.74, 6) is 4.72. The predicted octanol–water partition coefficient (Wildman–Crippen LogP) is 0.561. The van der Waals surface area contributed by atoms with Crippen molar-refractivity contribution in [2.24, 2.45) is 5.84 Å². The van der Waals surface area contributed by atoms with Crippen LogP contribution in [0.15, 0.2) is 29.5 Å². The van der Waals surface area contributed by atoms with E-state index in [0.29, 0.717) is 15.0 Å². The molecule has 0 spiro atoms. The predicted molar refractivity (Wildman–Crippen MR) is 76.3 cm³/mol. The van der Waals surface area contributed by atoms with Crippen molar-refractivity contribution in [1.29, 1.82) is 0 Å². The van der Waals surface area contributed by atoms with Gasteiger partial charge in [-0.15, -0.1) is 11.3 Å². The number of amides is 1. The van der Waals surface area contributed by atoms with Gasteiger partial charge in [0.2, 0.25) is 0 Å². The van der Waals surface area contributed by atoms with Crippen LogP contribution >= 0.6 is 33.9 Å². The number of halogens is 1. The molecule has 0 radical (unpaired) electrons. The number of carbonyl (C=O) groups excluding carboxylic acids is 1. The topological polar surface area (TPSA) is 90.0 Å². The van der Waals surface area contributed by atoms with E-state index in [1.807, 2.05) is 22.6 Å². The number of nitrogens with zero attached hydrogens (tertiary/aromatic N) is 2. The quantitative estimate of drug-likeness (QED) is 0.355. The maximum absolute atomic E-state index is 11.8. The molecule has 6 nitrogen and oxygen atoms in total. The normalized spacial score (nSPS) is 10.3. The summed E-state index contributed by atoms with van der Waals surface area (Å²) in [7, 11) is 0. The molecule has 0 saturated heterocycles. The summed E-state index contributed by atoms with van der Waals surface area (Å²) < 4.78 is 2.06. The number of hydrogen-bond acceptors (Lipinski definition) is 5. The Hall–Kier alpha value is -1.26. The molecular formula is C10H9IN4O2S. The number of carbonyl (C=O) groups is 1. The highest BCUT2D eigenvalue weighted by atomic mass is 127. The molecule has 0 unspecified atom stereocenters. The van der Waals surface area contributed by atoms with Crippen molar-refractivity contribution in [2.75, 3.05) is 0 Å². The molecule has 0 atom stereocenters. The van der Waals surface area contributed by atoms with Gasteiger partial charge < -0.3 is 0 Å². The molecule has 2 aromatic rings. The van der Waals surface area contributed by atoms with Gasteiger partial charge in [-0.2, -0.15) is 0 Å². The first-order valence-corrected chi connectivity index (χ1v) is 6.81. The zero-order valence-electron chi connectivity index (χ0n) is 9.09. The standard InChI is InChI=1S/C10H9IN4O2S/c11-7-3-13-5-15(10(7)17)4-6-1-2-8(18-6)9(16)14-12/h1-3,5H,4,12H2,(H,14,16). The first-order chi connectivity index (χ1) is 8.61. The van der Waals surface area contributed by atoms with E-state index < -0.39 is 0 Å². The van der Waals surface area contributed by atoms with Crippen LogP contribution in [0.3, 0.4) is 0 Å². The Bertz CT molecular complexity index is 637. The van der Waals surface area contributed by atoms with E-state index >= 15 is 0 Å². The maximum Gasteiger partial charge on any atom is 0.275 e. The Morgan fingerprint density at radius 3 is 3.06 bits per heavy atom. The van der Waals surface area contributed by atoms with Gasteiger partial charge >= 0.3 is 0 Å². The van der Waals surface area contributed by atoms with Crippen LogP contribution < -0.4 is 16.8 Å². The van der Waals surface area contributed by atoms with Crippen LogP contribution in [0.1, 0.15) is 14.5 Å². The van der Waals surface area contributed by atoms with Gasteiger partial charge in [0.15, 0.2) is 0 Å². The fourth-order valence-corrected chi connectivity index (χ4v) is 2.74. The molecule has 0 aromatic carbocycles. The summed E-state index contributed by atoms with van der Waals surface area (Å²) in [6.45, 7) is 0.394. The number of nitrogens with two attached hydrogens (primary N) is 1. The second kappa shape index (κ2) is 5.59. The molecule has 0 aliphatic carbocycles. The van der Waals surface area contributed by atoms with Gasteiger partial charge in [0, 0.05) is 11.1 Å². The lowest BCUT2D eigenvalue weighted by Gasteiger charge is -2.02. The van der Waals surface area contributed by atoms with Crippen LogP contribution in [0.5, 0.6) is 0 Å². The highest BCUT2D eigenvalue weighted by Crippen LogP contribution is 2.16. The van der Waals surface area contributed by atoms with E-state index in [4.69, 9.17) is 5.84 Å². The van der Waals surface area contributed by atoms with Gasteiger partial charge in [-0.1, -0.05) is 0 Å². The summed E-state index contributed by atoms with van der Waals surface area (Å²) >= 11 is 3.23. The highest BCUT2D eigenvalue weighted by Gasteiger charge is 2.09. The van der Waals surface area contributed by atoms with E-state index in [1.165, 1.54) is 28.4 Å². The van der Waals surface area contributed by atoms with Crippen LogP contribution in [0.25, 0.3) is 0 Å². The fourth-order valence-electron chi connectivity index (χ4n) is 1.36. The van der Waals surface area contributed by atoms with Gasteiger partial charge in [0.1, 0.15) is 0 Å². The van der Waals surface area contributed by atoms with E-state index in [0.717, 1.165) is 4.88 Å². The molecule has 3 N–H and O–H groups in total. The third kappa shape index (κ3) is 2.76. The number of aromatic nitrogens is 2. The molecule has 2 aromatic heterocycles. The molecular weight excluding hydrogens is 367 g/mol. The molecule has 2 rings (SSSR count). The Balaban J connectivity index is 2.24. The number of hydrazine groups is 1. The molecule has 0 saturated carbocycles. The number of nitrogen functional groups attached to an aromatic ring is 1. The summed E-state index contributed by atoms with van der Waals surface area (Å²) in [6, 6.07) is 3.47. The molecule has 18 heavy (non-hydrogen) atoms. The van der Waals surface area contributed by atoms with Gasteiger partial charge in [-0.05, 0) is 34.7 Å². The minimum absolute atomic E-state index is 0.0937. The first-order valence-electron chi connectivity index (χ1n) is 4.91. The van der Waals surface area contributed by atoms with Crippen molar-refractivity contribution in [2.45, 2.75) is 6.54 Å². The highest BCUT2D eigenvalue weighted by molar-refractivity contribution is 14.1. The second-order valence-corrected chi connectivity index (χ2v) is 5.74. The molecule has 94 valence electrons. The van der Waals surface area contributed by atoms with Crippen molar-refractivity contribution in [1.82, 2.24) is 15.0 Å². The smallest absolute Gasteiger partial charge is 0.275 e. The van der Waals surface area contributed by atoms with Gasteiger partial charge in [-0.3, -0.25) is 19.6 Å². The zero-order chi connectivity index (χ0) is 13.1. The zero-order valence-corrected chi connectivity index (χ0v) is 12.1. The number of rotatable bonds is 3. The second-order valence-electron chi connectivity index (χ2n) is 3.41. The van der Waals surface area contributed by atoms with E-state index in [1.54, 1.807) is 12.1 Å². The molecule has 1 amide bonds. The Labute approximate surface area is 120 Å². The summed E-state index contributed by atoms with van der Waals surface area (Å²) in [4.78, 5) is 28.4. The van der Waals surface area contributed by atoms with E-state index in [9.17, 15) is 9.59 Å². The minimum Gasteiger partial charge on any atom is -0.293 e. The molecule has 0 aliphatic heterocycles. The van der Waals surface area contributed by atoms with E-state index in [-0.39, 0.29) is 11.5 Å². The van der Waals surface area contributed by atoms with Crippen molar-refractivity contribution in [3.63, 3.8) is 0 Å². The van der Waals surface area contributed by atoms with Crippen molar-refractivity contribution in [3.8, 4) is 0 Å². The van der Waals surface area contributed by atoms with Gasteiger partial charge in [-0.25, -0.2) is 10.8 Å². The maximum atomic E-state index is 11.8. The Morgan fingerprint density at radius 1 is 1.56 bits per heavy atom. The van der Waals surface area contributed by atoms with Crippen LogP contribution in [-0.2, 0) is 6.54 Å². The summed E-state index contributed by atoms with van der Waals surface area (Å²) in [6.07, 6.45) is 2.99. The molecule has 2 heterocycles. The van der Waals surface area contributed by atoms with Crippen molar-refractivity contribution >= 4 is 39.8 Å². The third-order valence-electron chi connectivity index (χ3n) is 2.20.